The molecule has 25 heavy (non-hydrogen) atoms. The SMILES string of the molecule is O=C(Nc1ccc(CCO)cc1)c1ccccc1Oc1cccnc1. The van der Waals surface area contributed by atoms with Crippen LogP contribution in [0.1, 0.15) is 15.9 Å². The van der Waals surface area contributed by atoms with Crippen LogP contribution in [0.4, 0.5) is 5.69 Å². The second-order valence-corrected chi connectivity index (χ2v) is 5.41. The predicted molar refractivity (Wildman–Crippen MR) is 95.9 cm³/mol. The number of pyridine rings is 1. The molecule has 2 aromatic carbocycles. The first kappa shape index (κ1) is 16.7. The van der Waals surface area contributed by atoms with Gasteiger partial charge in [-0.1, -0.05) is 24.3 Å². The Morgan fingerprint density at radius 1 is 1.04 bits per heavy atom. The highest BCUT2D eigenvalue weighted by molar-refractivity contribution is 6.06. The third kappa shape index (κ3) is 4.43. The topological polar surface area (TPSA) is 71.5 Å². The summed E-state index contributed by atoms with van der Waals surface area (Å²) in [6.45, 7) is 0.102. The quantitative estimate of drug-likeness (QED) is 0.722. The number of aliphatic hydroxyl groups is 1. The zero-order valence-electron chi connectivity index (χ0n) is 13.6. The standard InChI is InChI=1S/C20H18N2O3/c23-13-11-15-7-9-16(10-8-15)22-20(24)18-5-1-2-6-19(18)25-17-4-3-12-21-14-17/h1-10,12,14,23H,11,13H2,(H,22,24). The van der Waals surface area contributed by atoms with Crippen LogP contribution in [0.15, 0.2) is 73.1 Å². The van der Waals surface area contributed by atoms with E-state index < -0.39 is 0 Å². The summed E-state index contributed by atoms with van der Waals surface area (Å²) in [5.74, 6) is 0.774. The van der Waals surface area contributed by atoms with Crippen molar-refractivity contribution in [1.29, 1.82) is 0 Å². The number of benzene rings is 2. The van der Waals surface area contributed by atoms with Gasteiger partial charge in [0, 0.05) is 18.5 Å². The fourth-order valence-corrected chi connectivity index (χ4v) is 2.36. The number of para-hydroxylation sites is 1. The number of nitrogens with one attached hydrogen (secondary N) is 1. The fraction of sp³-hybridized carbons (Fsp3) is 0.100. The van der Waals surface area contributed by atoms with Gasteiger partial charge in [0.15, 0.2) is 0 Å². The van der Waals surface area contributed by atoms with Crippen molar-refractivity contribution in [3.8, 4) is 11.5 Å². The lowest BCUT2D eigenvalue weighted by atomic mass is 10.1. The number of amides is 1. The van der Waals surface area contributed by atoms with Gasteiger partial charge < -0.3 is 15.2 Å². The number of carbonyl (C=O) groups excluding carboxylic acids is 1. The van der Waals surface area contributed by atoms with Crippen LogP contribution in [0.5, 0.6) is 11.5 Å². The lowest BCUT2D eigenvalue weighted by Gasteiger charge is -2.11. The summed E-state index contributed by atoms with van der Waals surface area (Å²) in [4.78, 5) is 16.6. The number of hydrogen-bond acceptors (Lipinski definition) is 4. The van der Waals surface area contributed by atoms with Crippen molar-refractivity contribution in [1.82, 2.24) is 4.98 Å². The first-order valence-corrected chi connectivity index (χ1v) is 7.94. The first-order chi connectivity index (χ1) is 12.3. The normalized spacial score (nSPS) is 10.3. The third-order valence-corrected chi connectivity index (χ3v) is 3.61. The highest BCUT2D eigenvalue weighted by Gasteiger charge is 2.13. The van der Waals surface area contributed by atoms with Crippen molar-refractivity contribution in [3.63, 3.8) is 0 Å². The van der Waals surface area contributed by atoms with E-state index in [4.69, 9.17) is 9.84 Å². The Morgan fingerprint density at radius 3 is 2.56 bits per heavy atom. The number of rotatable bonds is 6. The lowest BCUT2D eigenvalue weighted by molar-refractivity contribution is 0.102. The minimum atomic E-state index is -0.255. The molecule has 0 aliphatic carbocycles. The number of nitrogens with zero attached hydrogens (tertiary/aromatic N) is 1. The van der Waals surface area contributed by atoms with Crippen molar-refractivity contribution in [2.75, 3.05) is 11.9 Å². The van der Waals surface area contributed by atoms with Crippen LogP contribution in [0.3, 0.4) is 0 Å². The van der Waals surface area contributed by atoms with Gasteiger partial charge in [-0.05, 0) is 48.4 Å². The summed E-state index contributed by atoms with van der Waals surface area (Å²) in [5, 5.41) is 11.8. The van der Waals surface area contributed by atoms with Crippen LogP contribution < -0.4 is 10.1 Å². The van der Waals surface area contributed by atoms with Gasteiger partial charge in [0.1, 0.15) is 11.5 Å². The van der Waals surface area contributed by atoms with E-state index in [1.165, 1.54) is 0 Å². The molecule has 0 radical (unpaired) electrons. The molecule has 126 valence electrons. The van der Waals surface area contributed by atoms with Gasteiger partial charge in [-0.15, -0.1) is 0 Å². The second kappa shape index (κ2) is 8.08. The molecule has 5 nitrogen and oxygen atoms in total. The Bertz CT molecular complexity index is 833. The monoisotopic (exact) mass is 334 g/mol. The lowest BCUT2D eigenvalue weighted by Crippen LogP contribution is -2.13. The second-order valence-electron chi connectivity index (χ2n) is 5.41. The molecule has 2 N–H and O–H groups in total. The molecule has 0 atom stereocenters. The summed E-state index contributed by atoms with van der Waals surface area (Å²) in [7, 11) is 0. The molecule has 5 heteroatoms. The molecule has 0 saturated carbocycles. The van der Waals surface area contributed by atoms with Crippen LogP contribution in [0, 0.1) is 0 Å². The van der Waals surface area contributed by atoms with Gasteiger partial charge in [0.2, 0.25) is 0 Å². The molecule has 0 bridgehead atoms. The van der Waals surface area contributed by atoms with Crippen molar-refractivity contribution >= 4 is 11.6 Å². The number of carbonyl (C=O) groups is 1. The van der Waals surface area contributed by atoms with Crippen LogP contribution in [0.25, 0.3) is 0 Å². The van der Waals surface area contributed by atoms with E-state index in [0.29, 0.717) is 29.2 Å². The summed E-state index contributed by atoms with van der Waals surface area (Å²) in [5.41, 5.74) is 2.13. The minimum Gasteiger partial charge on any atom is -0.455 e. The van der Waals surface area contributed by atoms with E-state index in [1.807, 2.05) is 30.3 Å². The average Bonchev–Trinajstić information content (AvgIpc) is 2.65. The van der Waals surface area contributed by atoms with E-state index in [0.717, 1.165) is 5.56 Å². The van der Waals surface area contributed by atoms with Gasteiger partial charge in [-0.2, -0.15) is 0 Å². The molecule has 1 aromatic heterocycles. The number of anilines is 1. The maximum atomic E-state index is 12.6. The highest BCUT2D eigenvalue weighted by atomic mass is 16.5. The molecule has 0 aliphatic heterocycles. The van der Waals surface area contributed by atoms with Crippen LogP contribution in [-0.2, 0) is 6.42 Å². The third-order valence-electron chi connectivity index (χ3n) is 3.61. The smallest absolute Gasteiger partial charge is 0.259 e. The van der Waals surface area contributed by atoms with Crippen molar-refractivity contribution in [3.05, 3.63) is 84.2 Å². The van der Waals surface area contributed by atoms with Gasteiger partial charge >= 0.3 is 0 Å². The Kier molecular flexibility index (Phi) is 5.39. The maximum Gasteiger partial charge on any atom is 0.259 e. The summed E-state index contributed by atoms with van der Waals surface area (Å²) in [6, 6.07) is 18.0. The Balaban J connectivity index is 1.76. The van der Waals surface area contributed by atoms with Crippen LogP contribution in [0.2, 0.25) is 0 Å². The number of hydrogen-bond donors (Lipinski definition) is 2. The summed E-state index contributed by atoms with van der Waals surface area (Å²) < 4.78 is 5.77. The molecular formula is C20H18N2O3. The molecule has 0 unspecified atom stereocenters. The van der Waals surface area contributed by atoms with Gasteiger partial charge in [0.05, 0.1) is 11.8 Å². The van der Waals surface area contributed by atoms with Gasteiger partial charge in [-0.25, -0.2) is 0 Å². The first-order valence-electron chi connectivity index (χ1n) is 7.94. The van der Waals surface area contributed by atoms with Crippen LogP contribution in [-0.4, -0.2) is 22.6 Å². The zero-order chi connectivity index (χ0) is 17.5. The van der Waals surface area contributed by atoms with Gasteiger partial charge in [-0.3, -0.25) is 9.78 Å². The van der Waals surface area contributed by atoms with Crippen molar-refractivity contribution < 1.29 is 14.6 Å². The Labute approximate surface area is 145 Å². The molecule has 1 heterocycles. The molecule has 0 saturated heterocycles. The predicted octanol–water partition coefficient (Wildman–Crippen LogP) is 3.66. The average molecular weight is 334 g/mol. The molecule has 1 amide bonds. The molecule has 0 aliphatic rings. The molecular weight excluding hydrogens is 316 g/mol. The number of aromatic nitrogens is 1. The van der Waals surface area contributed by atoms with E-state index in [-0.39, 0.29) is 12.5 Å². The maximum absolute atomic E-state index is 12.6. The summed E-state index contributed by atoms with van der Waals surface area (Å²) in [6.07, 6.45) is 3.84. The largest absolute Gasteiger partial charge is 0.455 e. The van der Waals surface area contributed by atoms with E-state index in [1.54, 1.807) is 42.7 Å². The Morgan fingerprint density at radius 2 is 1.84 bits per heavy atom. The zero-order valence-corrected chi connectivity index (χ0v) is 13.6. The van der Waals surface area contributed by atoms with E-state index in [2.05, 4.69) is 10.3 Å². The Hall–Kier alpha value is -3.18. The number of aliphatic hydroxyl groups excluding tert-OH is 1. The fourth-order valence-electron chi connectivity index (χ4n) is 2.36. The van der Waals surface area contributed by atoms with Crippen LogP contribution >= 0.6 is 0 Å². The highest BCUT2D eigenvalue weighted by Crippen LogP contribution is 2.25. The molecule has 0 fully saturated rings. The molecule has 3 rings (SSSR count). The van der Waals surface area contributed by atoms with Crippen molar-refractivity contribution in [2.24, 2.45) is 0 Å². The van der Waals surface area contributed by atoms with E-state index in [9.17, 15) is 4.79 Å². The van der Waals surface area contributed by atoms with Gasteiger partial charge in [0.25, 0.3) is 5.91 Å². The molecule has 0 spiro atoms. The minimum absolute atomic E-state index is 0.102. The molecule has 3 aromatic rings. The summed E-state index contributed by atoms with van der Waals surface area (Å²) >= 11 is 0. The van der Waals surface area contributed by atoms with Crippen molar-refractivity contribution in [2.45, 2.75) is 6.42 Å². The number of ether oxygens (including phenoxy) is 1. The van der Waals surface area contributed by atoms with E-state index >= 15 is 0 Å².